The van der Waals surface area contributed by atoms with E-state index in [0.29, 0.717) is 16.8 Å². The predicted octanol–water partition coefficient (Wildman–Crippen LogP) is 5.25. The molecule has 0 bridgehead atoms. The first-order valence-electron chi connectivity index (χ1n) is 10.1. The molecule has 1 aliphatic heterocycles. The highest BCUT2D eigenvalue weighted by atomic mass is 32.2. The Kier molecular flexibility index (Phi) is 5.34. The second-order valence-electron chi connectivity index (χ2n) is 7.79. The normalized spacial score (nSPS) is 19.3. The second-order valence-corrected chi connectivity index (χ2v) is 9.61. The zero-order chi connectivity index (χ0) is 22.9. The first kappa shape index (κ1) is 21.4. The third kappa shape index (κ3) is 3.09. The van der Waals surface area contributed by atoms with Crippen molar-refractivity contribution in [2.24, 2.45) is 5.41 Å². The van der Waals surface area contributed by atoms with Gasteiger partial charge in [-0.1, -0.05) is 72.3 Å². The lowest BCUT2D eigenvalue weighted by atomic mass is 9.64. The summed E-state index contributed by atoms with van der Waals surface area (Å²) in [6.45, 7) is 5.77. The zero-order valence-corrected chi connectivity index (χ0v) is 18.3. The van der Waals surface area contributed by atoms with E-state index < -0.39 is 27.4 Å². The summed E-state index contributed by atoms with van der Waals surface area (Å²) in [6.07, 6.45) is 1.57. The molecule has 0 spiro atoms. The number of nitriles is 2. The van der Waals surface area contributed by atoms with Gasteiger partial charge in [0.05, 0.1) is 22.7 Å². The summed E-state index contributed by atoms with van der Waals surface area (Å²) in [6, 6.07) is 25.7. The fourth-order valence-corrected chi connectivity index (χ4v) is 6.11. The number of hydrogen-bond acceptors (Lipinski definition) is 4. The highest BCUT2D eigenvalue weighted by Crippen LogP contribution is 2.57. The van der Waals surface area contributed by atoms with Gasteiger partial charge in [-0.15, -0.1) is 6.58 Å². The number of nitrogens with zero attached hydrogens (tertiary/aromatic N) is 3. The van der Waals surface area contributed by atoms with E-state index >= 15 is 0 Å². The summed E-state index contributed by atoms with van der Waals surface area (Å²) >= 11 is 0. The SMILES string of the molecule is C=CC1c2ccccc2N(S(=O)(=O)c2ccc(C)cc2)C(c2ccccc2)C1(C#N)C#N. The minimum absolute atomic E-state index is 0.0978. The van der Waals surface area contributed by atoms with Crippen molar-refractivity contribution < 1.29 is 8.42 Å². The smallest absolute Gasteiger partial charge is 0.256 e. The van der Waals surface area contributed by atoms with Crippen molar-refractivity contribution >= 4 is 15.7 Å². The molecule has 0 radical (unpaired) electrons. The van der Waals surface area contributed by atoms with Crippen molar-refractivity contribution in [2.75, 3.05) is 4.31 Å². The molecule has 158 valence electrons. The Balaban J connectivity index is 2.11. The molecule has 6 heteroatoms. The van der Waals surface area contributed by atoms with Crippen LogP contribution in [0.2, 0.25) is 0 Å². The van der Waals surface area contributed by atoms with Crippen LogP contribution in [0.4, 0.5) is 5.69 Å². The van der Waals surface area contributed by atoms with Gasteiger partial charge in [0.1, 0.15) is 6.04 Å². The summed E-state index contributed by atoms with van der Waals surface area (Å²) in [5.74, 6) is -0.677. The maximum atomic E-state index is 14.0. The summed E-state index contributed by atoms with van der Waals surface area (Å²) in [7, 11) is -4.12. The standard InChI is InChI=1S/C26H21N3O2S/c1-3-23-22-11-7-8-12-24(22)29(32(30,31)21-15-13-19(2)14-16-21)25(26(23,17-27)18-28)20-9-5-4-6-10-20/h3-16,23,25H,1H2,2H3. The van der Waals surface area contributed by atoms with Crippen molar-refractivity contribution in [3.8, 4) is 12.1 Å². The Hall–Kier alpha value is -3.87. The van der Waals surface area contributed by atoms with E-state index in [4.69, 9.17) is 0 Å². The third-order valence-corrected chi connectivity index (χ3v) is 7.76. The maximum Gasteiger partial charge on any atom is 0.264 e. The van der Waals surface area contributed by atoms with Crippen LogP contribution in [0.3, 0.4) is 0 Å². The van der Waals surface area contributed by atoms with Gasteiger partial charge < -0.3 is 0 Å². The monoisotopic (exact) mass is 439 g/mol. The summed E-state index contributed by atoms with van der Waals surface area (Å²) in [4.78, 5) is 0.0978. The van der Waals surface area contributed by atoms with Crippen molar-refractivity contribution in [3.63, 3.8) is 0 Å². The first-order chi connectivity index (χ1) is 15.4. The molecule has 0 saturated carbocycles. The molecule has 0 fully saturated rings. The van der Waals surface area contributed by atoms with E-state index in [1.54, 1.807) is 78.9 Å². The second kappa shape index (κ2) is 8.00. The molecule has 2 unspecified atom stereocenters. The average molecular weight is 440 g/mol. The lowest BCUT2D eigenvalue weighted by molar-refractivity contribution is 0.361. The number of fused-ring (bicyclic) bond motifs is 1. The van der Waals surface area contributed by atoms with Crippen LogP contribution >= 0.6 is 0 Å². The molecule has 0 aromatic heterocycles. The minimum atomic E-state index is -4.12. The molecule has 3 aromatic carbocycles. The molecule has 2 atom stereocenters. The molecule has 0 saturated heterocycles. The van der Waals surface area contributed by atoms with Crippen LogP contribution in [0, 0.1) is 35.0 Å². The summed E-state index contributed by atoms with van der Waals surface area (Å²) in [5, 5.41) is 20.7. The highest BCUT2D eigenvalue weighted by molar-refractivity contribution is 7.92. The van der Waals surface area contributed by atoms with E-state index in [2.05, 4.69) is 18.7 Å². The molecule has 4 rings (SSSR count). The van der Waals surface area contributed by atoms with E-state index in [9.17, 15) is 18.9 Å². The zero-order valence-electron chi connectivity index (χ0n) is 17.5. The van der Waals surface area contributed by atoms with Gasteiger partial charge in [0, 0.05) is 5.92 Å². The first-order valence-corrected chi connectivity index (χ1v) is 11.5. The van der Waals surface area contributed by atoms with Crippen LogP contribution < -0.4 is 4.31 Å². The summed E-state index contributed by atoms with van der Waals surface area (Å²) in [5.41, 5.74) is 0.793. The number of para-hydroxylation sites is 1. The highest BCUT2D eigenvalue weighted by Gasteiger charge is 2.57. The number of sulfonamides is 1. The Morgan fingerprint density at radius 2 is 1.53 bits per heavy atom. The van der Waals surface area contributed by atoms with Gasteiger partial charge in [-0.2, -0.15) is 10.5 Å². The number of hydrogen-bond donors (Lipinski definition) is 0. The Bertz CT molecular complexity index is 1340. The van der Waals surface area contributed by atoms with Crippen LogP contribution in [0.25, 0.3) is 0 Å². The summed E-state index contributed by atoms with van der Waals surface area (Å²) < 4.78 is 29.3. The molecular formula is C26H21N3O2S. The Morgan fingerprint density at radius 1 is 0.938 bits per heavy atom. The predicted molar refractivity (Wildman–Crippen MR) is 123 cm³/mol. The van der Waals surface area contributed by atoms with Crippen molar-refractivity contribution in [3.05, 3.63) is 108 Å². The fraction of sp³-hybridized carbons (Fsp3) is 0.154. The Labute approximate surface area is 188 Å². The molecular weight excluding hydrogens is 418 g/mol. The van der Waals surface area contributed by atoms with E-state index in [0.717, 1.165) is 5.56 Å². The maximum absolute atomic E-state index is 14.0. The van der Waals surface area contributed by atoms with Crippen LogP contribution in [0.15, 0.2) is 96.4 Å². The number of rotatable bonds is 4. The van der Waals surface area contributed by atoms with Crippen molar-refractivity contribution in [1.82, 2.24) is 0 Å². The van der Waals surface area contributed by atoms with E-state index in [1.165, 1.54) is 4.31 Å². The molecule has 3 aromatic rings. The minimum Gasteiger partial charge on any atom is -0.256 e. The lowest BCUT2D eigenvalue weighted by Gasteiger charge is -2.47. The van der Waals surface area contributed by atoms with Gasteiger partial charge in [-0.25, -0.2) is 8.42 Å². The van der Waals surface area contributed by atoms with Crippen molar-refractivity contribution in [1.29, 1.82) is 10.5 Å². The topological polar surface area (TPSA) is 85.0 Å². The van der Waals surface area contributed by atoms with Gasteiger partial charge in [-0.3, -0.25) is 4.31 Å². The molecule has 0 amide bonds. The molecule has 1 heterocycles. The number of allylic oxidation sites excluding steroid dienone is 1. The van der Waals surface area contributed by atoms with Gasteiger partial charge in [0.15, 0.2) is 5.41 Å². The van der Waals surface area contributed by atoms with Gasteiger partial charge in [-0.05, 0) is 36.2 Å². The number of aryl methyl sites for hydroxylation is 1. The Morgan fingerprint density at radius 3 is 2.12 bits per heavy atom. The van der Waals surface area contributed by atoms with Gasteiger partial charge >= 0.3 is 0 Å². The van der Waals surface area contributed by atoms with Crippen molar-refractivity contribution in [2.45, 2.75) is 23.8 Å². The van der Waals surface area contributed by atoms with Crippen LogP contribution in [0.5, 0.6) is 0 Å². The molecule has 0 aliphatic carbocycles. The van der Waals surface area contributed by atoms with E-state index in [-0.39, 0.29) is 4.90 Å². The van der Waals surface area contributed by atoms with Gasteiger partial charge in [0.25, 0.3) is 10.0 Å². The largest absolute Gasteiger partial charge is 0.264 e. The van der Waals surface area contributed by atoms with Crippen LogP contribution in [-0.2, 0) is 10.0 Å². The molecule has 32 heavy (non-hydrogen) atoms. The average Bonchev–Trinajstić information content (AvgIpc) is 2.83. The lowest BCUT2D eigenvalue weighted by Crippen LogP contribution is -2.49. The number of benzene rings is 3. The van der Waals surface area contributed by atoms with Crippen LogP contribution in [-0.4, -0.2) is 8.42 Å². The van der Waals surface area contributed by atoms with Gasteiger partial charge in [0.2, 0.25) is 0 Å². The fourth-order valence-electron chi connectivity index (χ4n) is 4.42. The van der Waals surface area contributed by atoms with Crippen LogP contribution in [0.1, 0.15) is 28.7 Å². The third-order valence-electron chi connectivity index (χ3n) is 5.96. The quantitative estimate of drug-likeness (QED) is 0.520. The molecule has 0 N–H and O–H groups in total. The molecule has 1 aliphatic rings. The molecule has 5 nitrogen and oxygen atoms in total. The van der Waals surface area contributed by atoms with E-state index in [1.807, 2.05) is 13.0 Å². The number of anilines is 1.